The lowest BCUT2D eigenvalue weighted by Gasteiger charge is -2.14. The molecule has 0 aliphatic carbocycles. The molecule has 4 nitrogen and oxygen atoms in total. The number of aromatic nitrogens is 1. The Labute approximate surface area is 91.7 Å². The standard InChI is InChI=1S/C11H11FN2O2/c1-14(7-9-3-2-4-16-9)11(15)10-5-8(12)6-13-10/h2-6,13H,7H2,1H3. The van der Waals surface area contributed by atoms with Crippen LogP contribution >= 0.6 is 0 Å². The monoisotopic (exact) mass is 222 g/mol. The molecule has 16 heavy (non-hydrogen) atoms. The summed E-state index contributed by atoms with van der Waals surface area (Å²) in [6.07, 6.45) is 2.69. The molecule has 0 saturated carbocycles. The molecule has 0 fully saturated rings. The fourth-order valence-electron chi connectivity index (χ4n) is 1.41. The number of furan rings is 1. The molecule has 0 atom stereocenters. The smallest absolute Gasteiger partial charge is 0.270 e. The number of hydrogen-bond acceptors (Lipinski definition) is 2. The Morgan fingerprint density at radius 1 is 1.62 bits per heavy atom. The summed E-state index contributed by atoms with van der Waals surface area (Å²) in [6.45, 7) is 0.354. The molecule has 0 bridgehead atoms. The molecule has 0 aliphatic rings. The summed E-state index contributed by atoms with van der Waals surface area (Å²) >= 11 is 0. The summed E-state index contributed by atoms with van der Waals surface area (Å²) in [6, 6.07) is 4.70. The highest BCUT2D eigenvalue weighted by Gasteiger charge is 2.14. The van der Waals surface area contributed by atoms with Crippen molar-refractivity contribution in [1.82, 2.24) is 9.88 Å². The lowest BCUT2D eigenvalue weighted by atomic mass is 10.3. The number of carbonyl (C=O) groups is 1. The van der Waals surface area contributed by atoms with Crippen molar-refractivity contribution >= 4 is 5.91 Å². The molecule has 1 N–H and O–H groups in total. The molecular formula is C11H11FN2O2. The molecule has 1 amide bonds. The fourth-order valence-corrected chi connectivity index (χ4v) is 1.41. The molecule has 84 valence electrons. The second-order valence-electron chi connectivity index (χ2n) is 3.47. The van der Waals surface area contributed by atoms with E-state index in [1.807, 2.05) is 0 Å². The van der Waals surface area contributed by atoms with Gasteiger partial charge in [0, 0.05) is 19.3 Å². The van der Waals surface area contributed by atoms with E-state index < -0.39 is 5.82 Å². The number of nitrogens with zero attached hydrogens (tertiary/aromatic N) is 1. The van der Waals surface area contributed by atoms with E-state index in [0.29, 0.717) is 12.3 Å². The maximum absolute atomic E-state index is 12.7. The van der Waals surface area contributed by atoms with Crippen LogP contribution in [0.15, 0.2) is 35.1 Å². The van der Waals surface area contributed by atoms with Crippen LogP contribution in [0.3, 0.4) is 0 Å². The summed E-state index contributed by atoms with van der Waals surface area (Å²) in [4.78, 5) is 15.8. The number of amides is 1. The van der Waals surface area contributed by atoms with Crippen molar-refractivity contribution in [2.45, 2.75) is 6.54 Å². The average molecular weight is 222 g/mol. The predicted molar refractivity (Wildman–Crippen MR) is 55.3 cm³/mol. The SMILES string of the molecule is CN(Cc1ccco1)C(=O)c1cc(F)c[nH]1. The van der Waals surface area contributed by atoms with E-state index in [-0.39, 0.29) is 11.6 Å². The van der Waals surface area contributed by atoms with Gasteiger partial charge in [0.05, 0.1) is 12.8 Å². The number of carbonyl (C=O) groups excluding carboxylic acids is 1. The highest BCUT2D eigenvalue weighted by molar-refractivity contribution is 5.92. The third kappa shape index (κ3) is 2.13. The first-order valence-corrected chi connectivity index (χ1v) is 4.78. The lowest BCUT2D eigenvalue weighted by Crippen LogP contribution is -2.26. The van der Waals surface area contributed by atoms with E-state index >= 15 is 0 Å². The van der Waals surface area contributed by atoms with E-state index in [0.717, 1.165) is 6.20 Å². The molecule has 0 aliphatic heterocycles. The Morgan fingerprint density at radius 3 is 3.00 bits per heavy atom. The molecule has 2 rings (SSSR count). The van der Waals surface area contributed by atoms with Gasteiger partial charge in [0.1, 0.15) is 17.3 Å². The van der Waals surface area contributed by atoms with Crippen LogP contribution in [-0.4, -0.2) is 22.8 Å². The van der Waals surface area contributed by atoms with E-state index in [1.165, 1.54) is 11.0 Å². The molecule has 0 aromatic carbocycles. The van der Waals surface area contributed by atoms with Crippen molar-refractivity contribution < 1.29 is 13.6 Å². The van der Waals surface area contributed by atoms with Gasteiger partial charge in [-0.25, -0.2) is 4.39 Å². The quantitative estimate of drug-likeness (QED) is 0.863. The first kappa shape index (κ1) is 10.5. The van der Waals surface area contributed by atoms with Gasteiger partial charge in [-0.15, -0.1) is 0 Å². The topological polar surface area (TPSA) is 49.2 Å². The van der Waals surface area contributed by atoms with Gasteiger partial charge in [0.25, 0.3) is 5.91 Å². The zero-order valence-corrected chi connectivity index (χ0v) is 8.74. The lowest BCUT2D eigenvalue weighted by molar-refractivity contribution is 0.0770. The number of nitrogens with one attached hydrogen (secondary N) is 1. The number of rotatable bonds is 3. The Morgan fingerprint density at radius 2 is 2.44 bits per heavy atom. The van der Waals surface area contributed by atoms with Gasteiger partial charge in [0.15, 0.2) is 0 Å². The van der Waals surface area contributed by atoms with Crippen LogP contribution in [0.25, 0.3) is 0 Å². The average Bonchev–Trinajstić information content (AvgIpc) is 2.88. The molecule has 2 heterocycles. The molecule has 0 saturated heterocycles. The first-order chi connectivity index (χ1) is 7.66. The van der Waals surface area contributed by atoms with Gasteiger partial charge < -0.3 is 14.3 Å². The van der Waals surface area contributed by atoms with Crippen LogP contribution in [-0.2, 0) is 6.54 Å². The number of hydrogen-bond donors (Lipinski definition) is 1. The van der Waals surface area contributed by atoms with Gasteiger partial charge in [-0.05, 0) is 12.1 Å². The highest BCUT2D eigenvalue weighted by atomic mass is 19.1. The summed E-state index contributed by atoms with van der Waals surface area (Å²) in [5.41, 5.74) is 0.228. The number of aromatic amines is 1. The number of halogens is 1. The van der Waals surface area contributed by atoms with Crippen LogP contribution in [0.2, 0.25) is 0 Å². The zero-order chi connectivity index (χ0) is 11.5. The fraction of sp³-hybridized carbons (Fsp3) is 0.182. The summed E-state index contributed by atoms with van der Waals surface area (Å²) in [5.74, 6) is -0.0436. The third-order valence-corrected chi connectivity index (χ3v) is 2.20. The molecule has 0 spiro atoms. The van der Waals surface area contributed by atoms with Gasteiger partial charge >= 0.3 is 0 Å². The summed E-state index contributed by atoms with van der Waals surface area (Å²) < 4.78 is 17.8. The van der Waals surface area contributed by atoms with Crippen molar-refractivity contribution in [3.63, 3.8) is 0 Å². The van der Waals surface area contributed by atoms with E-state index in [2.05, 4.69) is 4.98 Å². The van der Waals surface area contributed by atoms with E-state index in [4.69, 9.17) is 4.42 Å². The van der Waals surface area contributed by atoms with Crippen molar-refractivity contribution in [2.24, 2.45) is 0 Å². The Bertz CT molecular complexity index is 476. The molecule has 0 radical (unpaired) electrons. The van der Waals surface area contributed by atoms with Gasteiger partial charge in [-0.1, -0.05) is 0 Å². The molecule has 2 aromatic heterocycles. The van der Waals surface area contributed by atoms with Crippen LogP contribution in [0.5, 0.6) is 0 Å². The van der Waals surface area contributed by atoms with E-state index in [1.54, 1.807) is 25.4 Å². The zero-order valence-electron chi connectivity index (χ0n) is 8.74. The first-order valence-electron chi connectivity index (χ1n) is 4.78. The maximum atomic E-state index is 12.7. The van der Waals surface area contributed by atoms with Crippen LogP contribution in [0.1, 0.15) is 16.2 Å². The predicted octanol–water partition coefficient (Wildman–Crippen LogP) is 2.02. The van der Waals surface area contributed by atoms with E-state index in [9.17, 15) is 9.18 Å². The summed E-state index contributed by atoms with van der Waals surface area (Å²) in [5, 5.41) is 0. The molecule has 0 unspecified atom stereocenters. The second kappa shape index (κ2) is 4.22. The van der Waals surface area contributed by atoms with Gasteiger partial charge in [-0.2, -0.15) is 0 Å². The molecule has 2 aromatic rings. The second-order valence-corrected chi connectivity index (χ2v) is 3.47. The Hall–Kier alpha value is -2.04. The highest BCUT2D eigenvalue weighted by Crippen LogP contribution is 2.08. The minimum absolute atomic E-state index is 0.228. The van der Waals surface area contributed by atoms with Crippen molar-refractivity contribution in [1.29, 1.82) is 0 Å². The number of H-pyrrole nitrogens is 1. The van der Waals surface area contributed by atoms with Crippen molar-refractivity contribution in [3.8, 4) is 0 Å². The minimum Gasteiger partial charge on any atom is -0.467 e. The third-order valence-electron chi connectivity index (χ3n) is 2.20. The maximum Gasteiger partial charge on any atom is 0.270 e. The van der Waals surface area contributed by atoms with Crippen LogP contribution in [0.4, 0.5) is 4.39 Å². The minimum atomic E-state index is -0.449. The van der Waals surface area contributed by atoms with Gasteiger partial charge in [0.2, 0.25) is 0 Å². The van der Waals surface area contributed by atoms with Gasteiger partial charge in [-0.3, -0.25) is 4.79 Å². The van der Waals surface area contributed by atoms with Crippen molar-refractivity contribution in [2.75, 3.05) is 7.05 Å². The Kier molecular flexibility index (Phi) is 2.76. The Balaban J connectivity index is 2.05. The largest absolute Gasteiger partial charge is 0.467 e. The van der Waals surface area contributed by atoms with Crippen LogP contribution in [0, 0.1) is 5.82 Å². The normalized spacial score (nSPS) is 10.4. The molecule has 5 heteroatoms. The van der Waals surface area contributed by atoms with Crippen molar-refractivity contribution in [3.05, 3.63) is 47.9 Å². The van der Waals surface area contributed by atoms with Crippen LogP contribution < -0.4 is 0 Å². The molecular weight excluding hydrogens is 211 g/mol. The summed E-state index contributed by atoms with van der Waals surface area (Å²) in [7, 11) is 1.63.